The van der Waals surface area contributed by atoms with Gasteiger partial charge < -0.3 is 15.6 Å². The predicted octanol–water partition coefficient (Wildman–Crippen LogP) is 3.42. The van der Waals surface area contributed by atoms with Crippen molar-refractivity contribution in [2.45, 2.75) is 12.5 Å². The molecule has 0 saturated carbocycles. The molecule has 6 nitrogen and oxygen atoms in total. The highest BCUT2D eigenvalue weighted by atomic mass is 15.1. The van der Waals surface area contributed by atoms with Crippen LogP contribution < -0.4 is 10.6 Å². The number of nitrogens with zero attached hydrogens (tertiary/aromatic N) is 3. The van der Waals surface area contributed by atoms with Gasteiger partial charge in [0.25, 0.3) is 0 Å². The molecule has 0 radical (unpaired) electrons. The molecule has 0 aliphatic carbocycles. The zero-order valence-electron chi connectivity index (χ0n) is 14.7. The van der Waals surface area contributed by atoms with Gasteiger partial charge in [-0.15, -0.1) is 0 Å². The van der Waals surface area contributed by atoms with Crippen LogP contribution in [0.5, 0.6) is 0 Å². The molecule has 27 heavy (non-hydrogen) atoms. The van der Waals surface area contributed by atoms with Gasteiger partial charge in [-0.1, -0.05) is 18.2 Å². The average Bonchev–Trinajstić information content (AvgIpc) is 3.37. The van der Waals surface area contributed by atoms with Crippen LogP contribution in [0.3, 0.4) is 0 Å². The summed E-state index contributed by atoms with van der Waals surface area (Å²) in [4.78, 5) is 12.3. The Bertz CT molecular complexity index is 1180. The van der Waals surface area contributed by atoms with Crippen LogP contribution in [-0.2, 0) is 0 Å². The minimum absolute atomic E-state index is 0.374. The fraction of sp³-hybridized carbons (Fsp3) is 0.190. The highest BCUT2D eigenvalue weighted by molar-refractivity contribution is 6.06. The number of fused-ring (bicyclic) bond motifs is 2. The van der Waals surface area contributed by atoms with Crippen molar-refractivity contribution >= 4 is 27.6 Å². The number of para-hydroxylation sites is 1. The largest absolute Gasteiger partial charge is 0.366 e. The summed E-state index contributed by atoms with van der Waals surface area (Å²) in [7, 11) is 0. The maximum atomic E-state index is 9.71. The summed E-state index contributed by atoms with van der Waals surface area (Å²) in [5.41, 5.74) is 4.30. The fourth-order valence-electron chi connectivity index (χ4n) is 3.81. The van der Waals surface area contributed by atoms with Gasteiger partial charge in [0, 0.05) is 52.4 Å². The molecule has 1 aromatic carbocycles. The molecule has 0 amide bonds. The number of nitrogens with one attached hydrogen (secondary N) is 3. The minimum atomic E-state index is 0.374. The van der Waals surface area contributed by atoms with Crippen LogP contribution >= 0.6 is 0 Å². The summed E-state index contributed by atoms with van der Waals surface area (Å²) in [6, 6.07) is 12.8. The molecule has 4 aromatic rings. The normalized spacial score (nSPS) is 16.6. The van der Waals surface area contributed by atoms with Crippen LogP contribution in [0.1, 0.15) is 12.0 Å². The van der Waals surface area contributed by atoms with Gasteiger partial charge >= 0.3 is 0 Å². The number of hydrogen-bond acceptors (Lipinski definition) is 5. The van der Waals surface area contributed by atoms with Gasteiger partial charge in [0.15, 0.2) is 0 Å². The topological polar surface area (TPSA) is 89.4 Å². The number of anilines is 1. The summed E-state index contributed by atoms with van der Waals surface area (Å²) in [5.74, 6) is 0.814. The van der Waals surface area contributed by atoms with E-state index in [1.165, 1.54) is 0 Å². The maximum Gasteiger partial charge on any atom is 0.126 e. The molecule has 1 atom stereocenters. The quantitative estimate of drug-likeness (QED) is 0.524. The van der Waals surface area contributed by atoms with Crippen LogP contribution in [0.2, 0.25) is 0 Å². The van der Waals surface area contributed by atoms with Crippen molar-refractivity contribution in [3.8, 4) is 17.2 Å². The molecular weight excluding hydrogens is 336 g/mol. The van der Waals surface area contributed by atoms with E-state index in [1.807, 2.05) is 30.5 Å². The molecule has 3 aromatic heterocycles. The van der Waals surface area contributed by atoms with E-state index in [-0.39, 0.29) is 0 Å². The highest BCUT2D eigenvalue weighted by Crippen LogP contribution is 2.36. The molecule has 1 aliphatic heterocycles. The molecule has 0 spiro atoms. The lowest BCUT2D eigenvalue weighted by Crippen LogP contribution is -2.22. The molecule has 132 valence electrons. The van der Waals surface area contributed by atoms with Crippen LogP contribution in [0.15, 0.2) is 48.9 Å². The summed E-state index contributed by atoms with van der Waals surface area (Å²) in [5, 5.41) is 18.6. The van der Waals surface area contributed by atoms with Crippen molar-refractivity contribution in [3.05, 3.63) is 54.5 Å². The number of hydrogen-bond donors (Lipinski definition) is 3. The highest BCUT2D eigenvalue weighted by Gasteiger charge is 2.18. The first-order valence-electron chi connectivity index (χ1n) is 9.06. The van der Waals surface area contributed by atoms with Crippen molar-refractivity contribution in [1.29, 1.82) is 5.26 Å². The Morgan fingerprint density at radius 2 is 2.07 bits per heavy atom. The van der Waals surface area contributed by atoms with Gasteiger partial charge in [0.05, 0.1) is 17.3 Å². The standard InChI is InChI=1S/C21H18N6/c22-8-13-9-24-19-12-26-20(27-14-5-6-23-10-14)7-16(19)21(13)17-11-25-18-4-2-1-3-15(17)18/h1-4,7,9,11-12,14,23,25H,5-6,10H2,(H,26,27). The van der Waals surface area contributed by atoms with Crippen LogP contribution in [0.4, 0.5) is 5.82 Å². The van der Waals surface area contributed by atoms with Crippen molar-refractivity contribution in [2.75, 3.05) is 18.4 Å². The number of benzene rings is 1. The Morgan fingerprint density at radius 1 is 1.15 bits per heavy atom. The first-order chi connectivity index (χ1) is 13.3. The van der Waals surface area contributed by atoms with E-state index < -0.39 is 0 Å². The number of aromatic amines is 1. The zero-order valence-corrected chi connectivity index (χ0v) is 14.7. The molecule has 1 unspecified atom stereocenters. The Labute approximate surface area is 156 Å². The summed E-state index contributed by atoms with van der Waals surface area (Å²) < 4.78 is 0. The summed E-state index contributed by atoms with van der Waals surface area (Å²) >= 11 is 0. The van der Waals surface area contributed by atoms with Crippen LogP contribution in [-0.4, -0.2) is 34.1 Å². The van der Waals surface area contributed by atoms with E-state index in [1.54, 1.807) is 12.4 Å². The molecular formula is C21H18N6. The SMILES string of the molecule is N#Cc1cnc2cnc(NC3CCNC3)cc2c1-c1c[nH]c2ccccc12. The van der Waals surface area contributed by atoms with Crippen LogP contribution in [0, 0.1) is 11.3 Å². The number of rotatable bonds is 3. The number of pyridine rings is 2. The van der Waals surface area contributed by atoms with Gasteiger partial charge in [-0.05, 0) is 25.1 Å². The van der Waals surface area contributed by atoms with Gasteiger partial charge in [-0.25, -0.2) is 4.98 Å². The van der Waals surface area contributed by atoms with E-state index in [9.17, 15) is 5.26 Å². The average molecular weight is 354 g/mol. The Balaban J connectivity index is 1.72. The molecule has 0 bridgehead atoms. The summed E-state index contributed by atoms with van der Waals surface area (Å²) in [6.45, 7) is 1.96. The molecule has 1 aliphatic rings. The fourth-order valence-corrected chi connectivity index (χ4v) is 3.81. The third kappa shape index (κ3) is 2.69. The second-order valence-electron chi connectivity index (χ2n) is 6.83. The molecule has 3 N–H and O–H groups in total. The zero-order chi connectivity index (χ0) is 18.2. The van der Waals surface area contributed by atoms with E-state index in [2.05, 4.69) is 37.7 Å². The molecule has 1 fully saturated rings. The third-order valence-corrected chi connectivity index (χ3v) is 5.15. The third-order valence-electron chi connectivity index (χ3n) is 5.15. The maximum absolute atomic E-state index is 9.71. The Hall–Kier alpha value is -3.43. The van der Waals surface area contributed by atoms with Crippen molar-refractivity contribution in [3.63, 3.8) is 0 Å². The molecule has 6 heteroatoms. The van der Waals surface area contributed by atoms with Crippen LogP contribution in [0.25, 0.3) is 32.9 Å². The smallest absolute Gasteiger partial charge is 0.126 e. The number of aromatic nitrogens is 3. The lowest BCUT2D eigenvalue weighted by Gasteiger charge is -2.14. The van der Waals surface area contributed by atoms with Gasteiger partial charge in [0.2, 0.25) is 0 Å². The van der Waals surface area contributed by atoms with Gasteiger partial charge in [-0.3, -0.25) is 4.98 Å². The minimum Gasteiger partial charge on any atom is -0.366 e. The Kier molecular flexibility index (Phi) is 3.73. The molecule has 4 heterocycles. The first-order valence-corrected chi connectivity index (χ1v) is 9.06. The van der Waals surface area contributed by atoms with Gasteiger partial charge in [0.1, 0.15) is 11.9 Å². The number of H-pyrrole nitrogens is 1. The number of nitriles is 1. The lowest BCUT2D eigenvalue weighted by atomic mass is 9.97. The van der Waals surface area contributed by atoms with E-state index in [0.29, 0.717) is 11.6 Å². The van der Waals surface area contributed by atoms with Crippen molar-refractivity contribution in [1.82, 2.24) is 20.3 Å². The van der Waals surface area contributed by atoms with Crippen molar-refractivity contribution in [2.24, 2.45) is 0 Å². The lowest BCUT2D eigenvalue weighted by molar-refractivity contribution is 0.788. The summed E-state index contributed by atoms with van der Waals surface area (Å²) in [6.07, 6.45) is 6.45. The van der Waals surface area contributed by atoms with E-state index in [4.69, 9.17) is 0 Å². The monoisotopic (exact) mass is 354 g/mol. The van der Waals surface area contributed by atoms with E-state index in [0.717, 1.165) is 58.3 Å². The predicted molar refractivity (Wildman–Crippen MR) is 106 cm³/mol. The second kappa shape index (κ2) is 6.38. The molecule has 5 rings (SSSR count). The molecule has 1 saturated heterocycles. The Morgan fingerprint density at radius 3 is 2.93 bits per heavy atom. The van der Waals surface area contributed by atoms with Crippen molar-refractivity contribution < 1.29 is 0 Å². The first kappa shape index (κ1) is 15.8. The van der Waals surface area contributed by atoms with E-state index >= 15 is 0 Å². The van der Waals surface area contributed by atoms with Gasteiger partial charge in [-0.2, -0.15) is 5.26 Å². The second-order valence-corrected chi connectivity index (χ2v) is 6.83.